The van der Waals surface area contributed by atoms with E-state index in [1.165, 1.54) is 10.8 Å². The van der Waals surface area contributed by atoms with Crippen LogP contribution in [0.1, 0.15) is 59.3 Å². The Balaban J connectivity index is 2.23. The van der Waals surface area contributed by atoms with Crippen LogP contribution in [0.15, 0.2) is 15.8 Å². The molecule has 0 saturated carbocycles. The van der Waals surface area contributed by atoms with Crippen molar-refractivity contribution < 1.29 is 18.5 Å². The fourth-order valence-electron chi connectivity index (χ4n) is 3.80. The highest BCUT2D eigenvalue weighted by molar-refractivity contribution is 7.44. The van der Waals surface area contributed by atoms with E-state index in [0.717, 1.165) is 0 Å². The molecule has 1 unspecified atom stereocenters. The molecule has 1 aliphatic heterocycles. The number of nitrogens with zero attached hydrogens (tertiary/aromatic N) is 3. The van der Waals surface area contributed by atoms with E-state index in [4.69, 9.17) is 23.8 Å². The Morgan fingerprint density at radius 1 is 1.34 bits per heavy atom. The van der Waals surface area contributed by atoms with E-state index in [-0.39, 0.29) is 37.8 Å². The average molecular weight is 471 g/mol. The minimum absolute atomic E-state index is 0.175. The molecule has 4 atom stereocenters. The lowest BCUT2D eigenvalue weighted by atomic mass is 9.96. The zero-order valence-corrected chi connectivity index (χ0v) is 20.8. The summed E-state index contributed by atoms with van der Waals surface area (Å²) in [5.41, 5.74) is -1.34. The van der Waals surface area contributed by atoms with Crippen LogP contribution in [0.25, 0.3) is 0 Å². The largest absolute Gasteiger partial charge is 0.373 e. The first-order valence-corrected chi connectivity index (χ1v) is 11.9. The second-order valence-corrected chi connectivity index (χ2v) is 9.96. The van der Waals surface area contributed by atoms with Gasteiger partial charge >= 0.3 is 5.69 Å². The first kappa shape index (κ1) is 26.7. The van der Waals surface area contributed by atoms with Gasteiger partial charge in [-0.25, -0.2) is 9.46 Å². The molecule has 0 aliphatic carbocycles. The summed E-state index contributed by atoms with van der Waals surface area (Å²) in [6, 6.07) is 2.44. The molecular formula is C21H35N4O6P. The highest BCUT2D eigenvalue weighted by Crippen LogP contribution is 2.49. The van der Waals surface area contributed by atoms with E-state index in [9.17, 15) is 9.59 Å². The quantitative estimate of drug-likeness (QED) is 0.387. The molecule has 0 spiro atoms. The van der Waals surface area contributed by atoms with Crippen molar-refractivity contribution in [1.82, 2.24) is 14.2 Å². The summed E-state index contributed by atoms with van der Waals surface area (Å²) in [5.74, 6) is 0. The summed E-state index contributed by atoms with van der Waals surface area (Å²) in [7, 11) is 0.150. The van der Waals surface area contributed by atoms with E-state index in [0.29, 0.717) is 12.0 Å². The lowest BCUT2D eigenvalue weighted by Crippen LogP contribution is -2.44. The number of hydrogen-bond acceptors (Lipinski definition) is 8. The number of nitrogens with one attached hydrogen (secondary N) is 1. The molecule has 1 fully saturated rings. The van der Waals surface area contributed by atoms with Gasteiger partial charge in [-0.2, -0.15) is 5.26 Å². The first-order chi connectivity index (χ1) is 15.1. The molecule has 32 heavy (non-hydrogen) atoms. The molecule has 1 N–H and O–H groups in total. The second kappa shape index (κ2) is 11.5. The average Bonchev–Trinajstić information content (AvgIpc) is 3.04. The number of aromatic amines is 1. The molecule has 11 heteroatoms. The highest BCUT2D eigenvalue weighted by Gasteiger charge is 2.49. The zero-order chi connectivity index (χ0) is 24.1. The molecule has 2 heterocycles. The van der Waals surface area contributed by atoms with Gasteiger partial charge in [0.25, 0.3) is 14.1 Å². The molecule has 0 bridgehead atoms. The SMILES string of the molecule is CO[C@]1(COP(OCCC#N)N(C(C)C)C(C)C)C[C@H](n2cc(C)c(=O)[nH]c2=O)O[C@H]1C. The van der Waals surface area contributed by atoms with Gasteiger partial charge in [-0.05, 0) is 41.5 Å². The molecule has 10 nitrogen and oxygen atoms in total. The van der Waals surface area contributed by atoms with Crippen molar-refractivity contribution in [1.29, 1.82) is 5.26 Å². The maximum atomic E-state index is 12.3. The van der Waals surface area contributed by atoms with Crippen molar-refractivity contribution in [3.8, 4) is 6.07 Å². The number of aryl methyl sites for hydroxylation is 1. The van der Waals surface area contributed by atoms with E-state index < -0.39 is 31.6 Å². The lowest BCUT2D eigenvalue weighted by molar-refractivity contribution is -0.0925. The van der Waals surface area contributed by atoms with Gasteiger partial charge in [-0.3, -0.25) is 14.3 Å². The van der Waals surface area contributed by atoms with Crippen LogP contribution >= 0.6 is 8.53 Å². The van der Waals surface area contributed by atoms with E-state index >= 15 is 0 Å². The third-order valence-electron chi connectivity index (χ3n) is 5.57. The molecule has 2 rings (SSSR count). The van der Waals surface area contributed by atoms with Gasteiger partial charge in [-0.15, -0.1) is 0 Å². The summed E-state index contributed by atoms with van der Waals surface area (Å²) < 4.78 is 27.7. The molecule has 1 aliphatic rings. The van der Waals surface area contributed by atoms with Crippen LogP contribution in [0.4, 0.5) is 0 Å². The maximum absolute atomic E-state index is 12.3. The van der Waals surface area contributed by atoms with Crippen LogP contribution in [0, 0.1) is 18.3 Å². The number of aromatic nitrogens is 2. The van der Waals surface area contributed by atoms with E-state index in [2.05, 4.69) is 43.4 Å². The number of rotatable bonds is 11. The van der Waals surface area contributed by atoms with Crippen molar-refractivity contribution in [2.75, 3.05) is 20.3 Å². The van der Waals surface area contributed by atoms with Crippen molar-refractivity contribution in [2.45, 2.75) is 84.4 Å². The van der Waals surface area contributed by atoms with Crippen molar-refractivity contribution in [3.05, 3.63) is 32.6 Å². The monoisotopic (exact) mass is 470 g/mol. The van der Waals surface area contributed by atoms with Gasteiger partial charge in [0.15, 0.2) is 0 Å². The van der Waals surface area contributed by atoms with Gasteiger partial charge in [0.2, 0.25) is 0 Å². The number of methoxy groups -OCH3 is 1. The van der Waals surface area contributed by atoms with Crippen LogP contribution in [-0.2, 0) is 18.5 Å². The predicted octanol–water partition coefficient (Wildman–Crippen LogP) is 2.83. The van der Waals surface area contributed by atoms with Gasteiger partial charge in [0.05, 0.1) is 31.8 Å². The Labute approximate surface area is 190 Å². The Hall–Kier alpha value is -1.60. The third kappa shape index (κ3) is 6.04. The minimum atomic E-state index is -1.44. The minimum Gasteiger partial charge on any atom is -0.373 e. The Morgan fingerprint density at radius 3 is 2.56 bits per heavy atom. The number of ether oxygens (including phenoxy) is 2. The molecule has 1 aromatic heterocycles. The predicted molar refractivity (Wildman–Crippen MR) is 121 cm³/mol. The summed E-state index contributed by atoms with van der Waals surface area (Å²) in [5, 5.41) is 8.89. The third-order valence-corrected chi connectivity index (χ3v) is 7.62. The van der Waals surface area contributed by atoms with Crippen LogP contribution in [0.3, 0.4) is 0 Å². The van der Waals surface area contributed by atoms with Gasteiger partial charge in [0, 0.05) is 37.4 Å². The number of nitriles is 1. The van der Waals surface area contributed by atoms with Gasteiger partial charge in [0.1, 0.15) is 11.8 Å². The van der Waals surface area contributed by atoms with Crippen molar-refractivity contribution in [3.63, 3.8) is 0 Å². The Bertz CT molecular complexity index is 903. The van der Waals surface area contributed by atoms with Crippen LogP contribution in [0.5, 0.6) is 0 Å². The zero-order valence-electron chi connectivity index (χ0n) is 20.0. The first-order valence-electron chi connectivity index (χ1n) is 10.8. The summed E-state index contributed by atoms with van der Waals surface area (Å²) >= 11 is 0. The van der Waals surface area contributed by atoms with Gasteiger partial charge < -0.3 is 18.5 Å². The molecule has 1 aromatic rings. The van der Waals surface area contributed by atoms with Crippen LogP contribution in [0.2, 0.25) is 0 Å². The smallest absolute Gasteiger partial charge is 0.330 e. The van der Waals surface area contributed by atoms with Gasteiger partial charge in [-0.1, -0.05) is 0 Å². The summed E-state index contributed by atoms with van der Waals surface area (Å²) in [6.45, 7) is 12.3. The fraction of sp³-hybridized carbons (Fsp3) is 0.762. The molecule has 1 saturated heterocycles. The Kier molecular flexibility index (Phi) is 9.58. The van der Waals surface area contributed by atoms with Crippen LogP contribution in [-0.4, -0.2) is 58.3 Å². The fourth-order valence-corrected chi connectivity index (χ4v) is 5.47. The molecular weight excluding hydrogens is 435 g/mol. The highest BCUT2D eigenvalue weighted by atomic mass is 31.2. The molecule has 0 aromatic carbocycles. The number of H-pyrrole nitrogens is 1. The standard InChI is InChI=1S/C21H35N4O6P/c1-14(2)25(15(3)4)32(29-10-8-9-22)30-13-21(28-7)11-18(31-17(21)6)24-12-16(5)19(26)23-20(24)27/h12,14-15,17-18H,8,10-11,13H2,1-7H3,(H,23,26,27)/t17-,18+,21-,32?/m0/s1. The molecule has 180 valence electrons. The van der Waals surface area contributed by atoms with Crippen LogP contribution < -0.4 is 11.2 Å². The Morgan fingerprint density at radius 2 is 2.00 bits per heavy atom. The topological polar surface area (TPSA) is 119 Å². The molecule has 0 radical (unpaired) electrons. The lowest BCUT2D eigenvalue weighted by Gasteiger charge is -2.38. The van der Waals surface area contributed by atoms with E-state index in [1.54, 1.807) is 14.0 Å². The normalized spacial score (nSPS) is 24.4. The van der Waals surface area contributed by atoms with Crippen molar-refractivity contribution in [2.24, 2.45) is 0 Å². The summed E-state index contributed by atoms with van der Waals surface area (Å²) in [4.78, 5) is 26.4. The van der Waals surface area contributed by atoms with E-state index in [1.807, 2.05) is 6.92 Å². The maximum Gasteiger partial charge on any atom is 0.330 e. The molecule has 0 amide bonds. The van der Waals surface area contributed by atoms with Crippen molar-refractivity contribution >= 4 is 8.53 Å². The number of hydrogen-bond donors (Lipinski definition) is 1. The second-order valence-electron chi connectivity index (χ2n) is 8.50. The summed E-state index contributed by atoms with van der Waals surface area (Å²) in [6.07, 6.45) is 1.16.